The number of nitrogens with two attached hydrogens (primary N) is 1. The number of phenols is 1. The molecule has 92 valence electrons. The van der Waals surface area contributed by atoms with E-state index < -0.39 is 5.41 Å². The van der Waals surface area contributed by atoms with Gasteiger partial charge >= 0.3 is 0 Å². The van der Waals surface area contributed by atoms with E-state index in [9.17, 15) is 9.90 Å². The standard InChI is InChI=1S/C12H16N2O3/c1-12(2)5-8(15)14-10-7(17-3)4-6(13)11(16)9(10)12/h4,16H,5,13H2,1-3H3,(H,14,15). The Kier molecular flexibility index (Phi) is 2.41. The van der Waals surface area contributed by atoms with E-state index in [1.54, 1.807) is 0 Å². The van der Waals surface area contributed by atoms with Gasteiger partial charge < -0.3 is 20.9 Å². The number of rotatable bonds is 1. The Balaban J connectivity index is 2.76. The summed E-state index contributed by atoms with van der Waals surface area (Å²) in [7, 11) is 1.50. The maximum absolute atomic E-state index is 11.6. The van der Waals surface area contributed by atoms with Crippen molar-refractivity contribution < 1.29 is 14.6 Å². The van der Waals surface area contributed by atoms with E-state index in [0.717, 1.165) is 0 Å². The molecule has 1 amide bonds. The fourth-order valence-corrected chi connectivity index (χ4v) is 2.29. The van der Waals surface area contributed by atoms with Crippen molar-refractivity contribution in [2.45, 2.75) is 25.7 Å². The number of nitrogens with one attached hydrogen (secondary N) is 1. The van der Waals surface area contributed by atoms with Crippen LogP contribution in [-0.2, 0) is 10.2 Å². The molecule has 0 fully saturated rings. The number of carbonyl (C=O) groups is 1. The van der Waals surface area contributed by atoms with Crippen LogP contribution in [0.1, 0.15) is 25.8 Å². The van der Waals surface area contributed by atoms with E-state index in [-0.39, 0.29) is 17.3 Å². The van der Waals surface area contributed by atoms with Gasteiger partial charge in [-0.1, -0.05) is 13.8 Å². The average Bonchev–Trinajstić information content (AvgIpc) is 2.20. The minimum atomic E-state index is -0.468. The molecule has 0 saturated carbocycles. The first kappa shape index (κ1) is 11.6. The van der Waals surface area contributed by atoms with Crippen molar-refractivity contribution in [1.82, 2.24) is 0 Å². The molecule has 0 spiro atoms. The third kappa shape index (κ3) is 1.67. The summed E-state index contributed by atoms with van der Waals surface area (Å²) in [5.74, 6) is 0.396. The molecule has 1 aliphatic heterocycles. The van der Waals surface area contributed by atoms with Gasteiger partial charge in [-0.2, -0.15) is 0 Å². The Bertz CT molecular complexity index is 495. The van der Waals surface area contributed by atoms with Gasteiger partial charge in [0, 0.05) is 23.5 Å². The van der Waals surface area contributed by atoms with Gasteiger partial charge in [0.15, 0.2) is 0 Å². The molecule has 4 N–H and O–H groups in total. The van der Waals surface area contributed by atoms with Crippen LogP contribution in [-0.4, -0.2) is 18.1 Å². The van der Waals surface area contributed by atoms with Crippen molar-refractivity contribution in [1.29, 1.82) is 0 Å². The monoisotopic (exact) mass is 236 g/mol. The van der Waals surface area contributed by atoms with Crippen LogP contribution in [0.3, 0.4) is 0 Å². The quantitative estimate of drug-likeness (QED) is 0.511. The van der Waals surface area contributed by atoms with Gasteiger partial charge in [0.1, 0.15) is 11.5 Å². The van der Waals surface area contributed by atoms with Crippen LogP contribution < -0.4 is 15.8 Å². The summed E-state index contributed by atoms with van der Waals surface area (Å²) in [5.41, 5.74) is 6.67. The highest BCUT2D eigenvalue weighted by Gasteiger charge is 2.37. The van der Waals surface area contributed by atoms with Crippen LogP contribution in [0.2, 0.25) is 0 Å². The lowest BCUT2D eigenvalue weighted by Gasteiger charge is -2.33. The Morgan fingerprint density at radius 2 is 2.18 bits per heavy atom. The van der Waals surface area contributed by atoms with E-state index in [2.05, 4.69) is 5.32 Å². The van der Waals surface area contributed by atoms with Gasteiger partial charge in [-0.15, -0.1) is 0 Å². The molecular weight excluding hydrogens is 220 g/mol. The molecule has 0 aliphatic carbocycles. The maximum Gasteiger partial charge on any atom is 0.225 e. The molecule has 0 radical (unpaired) electrons. The topological polar surface area (TPSA) is 84.6 Å². The van der Waals surface area contributed by atoms with E-state index in [1.807, 2.05) is 13.8 Å². The highest BCUT2D eigenvalue weighted by Crippen LogP contribution is 2.49. The lowest BCUT2D eigenvalue weighted by atomic mass is 9.77. The van der Waals surface area contributed by atoms with Crippen molar-refractivity contribution in [3.8, 4) is 11.5 Å². The van der Waals surface area contributed by atoms with Gasteiger partial charge in [-0.05, 0) is 0 Å². The second kappa shape index (κ2) is 3.55. The third-order valence-electron chi connectivity index (χ3n) is 3.06. The zero-order valence-electron chi connectivity index (χ0n) is 10.1. The number of benzene rings is 1. The van der Waals surface area contributed by atoms with Crippen LogP contribution in [0, 0.1) is 0 Å². The van der Waals surface area contributed by atoms with E-state index in [1.165, 1.54) is 13.2 Å². The molecule has 5 nitrogen and oxygen atoms in total. The second-order valence-electron chi connectivity index (χ2n) is 4.88. The van der Waals surface area contributed by atoms with E-state index in [0.29, 0.717) is 23.4 Å². The molecule has 0 atom stereocenters. The van der Waals surface area contributed by atoms with Crippen LogP contribution in [0.4, 0.5) is 11.4 Å². The summed E-state index contributed by atoms with van der Waals surface area (Å²) in [6.07, 6.45) is 0.306. The molecule has 0 saturated heterocycles. The van der Waals surface area contributed by atoms with Gasteiger partial charge in [-0.3, -0.25) is 4.79 Å². The van der Waals surface area contributed by atoms with Crippen molar-refractivity contribution in [3.63, 3.8) is 0 Å². The minimum Gasteiger partial charge on any atom is -0.505 e. The Morgan fingerprint density at radius 3 is 2.76 bits per heavy atom. The highest BCUT2D eigenvalue weighted by atomic mass is 16.5. The minimum absolute atomic E-state index is 0.0193. The molecule has 17 heavy (non-hydrogen) atoms. The van der Waals surface area contributed by atoms with Crippen molar-refractivity contribution >= 4 is 17.3 Å². The summed E-state index contributed by atoms with van der Waals surface area (Å²) in [6.45, 7) is 3.78. The number of carbonyl (C=O) groups excluding carboxylic acids is 1. The van der Waals surface area contributed by atoms with Crippen LogP contribution in [0.5, 0.6) is 11.5 Å². The lowest BCUT2D eigenvalue weighted by molar-refractivity contribution is -0.117. The number of phenolic OH excluding ortho intramolecular Hbond substituents is 1. The SMILES string of the molecule is COc1cc(N)c(O)c2c1NC(=O)CC2(C)C. The van der Waals surface area contributed by atoms with E-state index in [4.69, 9.17) is 10.5 Å². The summed E-state index contributed by atoms with van der Waals surface area (Å²) in [5, 5.41) is 12.8. The Labute approximate surface area is 99.6 Å². The van der Waals surface area contributed by atoms with Crippen molar-refractivity contribution in [2.24, 2.45) is 0 Å². The Hall–Kier alpha value is -1.91. The van der Waals surface area contributed by atoms with Crippen LogP contribution >= 0.6 is 0 Å². The third-order valence-corrected chi connectivity index (χ3v) is 3.06. The van der Waals surface area contributed by atoms with Crippen molar-refractivity contribution in [3.05, 3.63) is 11.6 Å². The molecule has 0 aromatic heterocycles. The first-order chi connectivity index (χ1) is 7.86. The van der Waals surface area contributed by atoms with Gasteiger partial charge in [-0.25, -0.2) is 0 Å². The van der Waals surface area contributed by atoms with E-state index >= 15 is 0 Å². The number of anilines is 2. The number of hydrogen-bond acceptors (Lipinski definition) is 4. The van der Waals surface area contributed by atoms with Gasteiger partial charge in [0.25, 0.3) is 0 Å². The molecule has 2 rings (SSSR count). The first-order valence-corrected chi connectivity index (χ1v) is 5.36. The molecular formula is C12H16N2O3. The number of methoxy groups -OCH3 is 1. The second-order valence-corrected chi connectivity index (χ2v) is 4.88. The Morgan fingerprint density at radius 1 is 1.53 bits per heavy atom. The smallest absolute Gasteiger partial charge is 0.225 e. The number of aromatic hydroxyl groups is 1. The molecule has 1 aromatic rings. The fraction of sp³-hybridized carbons (Fsp3) is 0.417. The highest BCUT2D eigenvalue weighted by molar-refractivity contribution is 5.99. The largest absolute Gasteiger partial charge is 0.505 e. The molecule has 1 aliphatic rings. The summed E-state index contributed by atoms with van der Waals surface area (Å²) in [6, 6.07) is 1.51. The molecule has 0 unspecified atom stereocenters. The normalized spacial score (nSPS) is 17.2. The average molecular weight is 236 g/mol. The molecule has 0 bridgehead atoms. The first-order valence-electron chi connectivity index (χ1n) is 5.36. The molecule has 1 heterocycles. The number of amides is 1. The predicted octanol–water partition coefficient (Wildman–Crippen LogP) is 1.60. The summed E-state index contributed by atoms with van der Waals surface area (Å²) >= 11 is 0. The number of nitrogen functional groups attached to an aromatic ring is 1. The van der Waals surface area contributed by atoms with Crippen molar-refractivity contribution in [2.75, 3.05) is 18.2 Å². The van der Waals surface area contributed by atoms with Crippen LogP contribution in [0.25, 0.3) is 0 Å². The molecule has 5 heteroatoms. The van der Waals surface area contributed by atoms with Gasteiger partial charge in [0.2, 0.25) is 5.91 Å². The molecule has 1 aromatic carbocycles. The van der Waals surface area contributed by atoms with Gasteiger partial charge in [0.05, 0.1) is 18.5 Å². The lowest BCUT2D eigenvalue weighted by Crippen LogP contribution is -2.33. The number of hydrogen-bond donors (Lipinski definition) is 3. The zero-order chi connectivity index (χ0) is 12.8. The van der Waals surface area contributed by atoms with Crippen LogP contribution in [0.15, 0.2) is 6.07 Å². The zero-order valence-corrected chi connectivity index (χ0v) is 10.1. The number of ether oxygens (including phenoxy) is 1. The summed E-state index contributed by atoms with van der Waals surface area (Å²) < 4.78 is 5.18. The number of fused-ring (bicyclic) bond motifs is 1. The maximum atomic E-state index is 11.6. The summed E-state index contributed by atoms with van der Waals surface area (Å²) in [4.78, 5) is 11.6. The fourth-order valence-electron chi connectivity index (χ4n) is 2.29. The predicted molar refractivity (Wildman–Crippen MR) is 65.3 cm³/mol.